The number of para-hydroxylation sites is 6. The molecule has 0 fully saturated rings. The van der Waals surface area contributed by atoms with E-state index in [1.54, 1.807) is 0 Å². The molecule has 0 aliphatic heterocycles. The van der Waals surface area contributed by atoms with E-state index in [2.05, 4.69) is 234 Å². The van der Waals surface area contributed by atoms with E-state index in [4.69, 9.17) is 18.8 Å². The maximum atomic E-state index is 6.33. The SMILES string of the molecule is c1ccc(-c2nc(-c3cc(-c4ccc5oc6ccccc6c5c4)cc(-c4ccc5oc6ccccc6c5c4)c3)cc(-c3cc(-n4c5ccccc5c5ccccc54)cc(-n4c5ccccc5c5ccccc54)c3)n2)cc1. The number of fused-ring (bicyclic) bond motifs is 12. The minimum atomic E-state index is 0.637. The first kappa shape index (κ1) is 42.2. The van der Waals surface area contributed by atoms with Gasteiger partial charge in [0.15, 0.2) is 5.82 Å². The summed E-state index contributed by atoms with van der Waals surface area (Å²) in [5.74, 6) is 0.637. The number of aromatic nitrogens is 4. The Morgan fingerprint density at radius 1 is 0.237 bits per heavy atom. The Bertz CT molecular complexity index is 4640. The summed E-state index contributed by atoms with van der Waals surface area (Å²) in [6, 6.07) is 90.7. The van der Waals surface area contributed by atoms with Gasteiger partial charge in [-0.25, -0.2) is 9.97 Å². The van der Waals surface area contributed by atoms with E-state index in [0.29, 0.717) is 5.82 Å². The summed E-state index contributed by atoms with van der Waals surface area (Å²) in [6.07, 6.45) is 0. The molecular weight excluding hydrogens is 929 g/mol. The topological polar surface area (TPSA) is 61.9 Å². The molecule has 16 rings (SSSR count). The average molecular weight is 971 g/mol. The van der Waals surface area contributed by atoms with E-state index in [1.165, 1.54) is 21.5 Å². The fraction of sp³-hybridized carbons (Fsp3) is 0. The summed E-state index contributed by atoms with van der Waals surface area (Å²) >= 11 is 0. The van der Waals surface area contributed by atoms with Crippen LogP contribution in [0.25, 0.3) is 155 Å². The van der Waals surface area contributed by atoms with Crippen LogP contribution < -0.4 is 0 Å². The summed E-state index contributed by atoms with van der Waals surface area (Å²) in [6.45, 7) is 0. The van der Waals surface area contributed by atoms with E-state index < -0.39 is 0 Å². The van der Waals surface area contributed by atoms with E-state index >= 15 is 0 Å². The quantitative estimate of drug-likeness (QED) is 0.160. The van der Waals surface area contributed by atoms with Crippen molar-refractivity contribution < 1.29 is 8.83 Å². The van der Waals surface area contributed by atoms with Gasteiger partial charge in [0.1, 0.15) is 22.3 Å². The van der Waals surface area contributed by atoms with E-state index in [-0.39, 0.29) is 0 Å². The minimum Gasteiger partial charge on any atom is -0.456 e. The molecule has 0 aliphatic rings. The number of furan rings is 2. The van der Waals surface area contributed by atoms with E-state index in [0.717, 1.165) is 128 Å². The zero-order valence-electron chi connectivity index (χ0n) is 40.9. The van der Waals surface area contributed by atoms with Crippen molar-refractivity contribution in [3.63, 3.8) is 0 Å². The van der Waals surface area contributed by atoms with Gasteiger partial charge < -0.3 is 18.0 Å². The van der Waals surface area contributed by atoms with Gasteiger partial charge in [0.05, 0.1) is 33.5 Å². The predicted molar refractivity (Wildman–Crippen MR) is 312 cm³/mol. The van der Waals surface area contributed by atoms with Gasteiger partial charge in [0.25, 0.3) is 0 Å². The maximum absolute atomic E-state index is 6.33. The third kappa shape index (κ3) is 6.67. The zero-order chi connectivity index (χ0) is 49.8. The van der Waals surface area contributed by atoms with Crippen molar-refractivity contribution in [1.82, 2.24) is 19.1 Å². The van der Waals surface area contributed by atoms with Crippen LogP contribution >= 0.6 is 0 Å². The normalized spacial score (nSPS) is 11.9. The molecule has 0 saturated carbocycles. The lowest BCUT2D eigenvalue weighted by atomic mass is 9.93. The molecule has 0 radical (unpaired) electrons. The molecule has 11 aromatic carbocycles. The highest BCUT2D eigenvalue weighted by atomic mass is 16.3. The van der Waals surface area contributed by atoms with Crippen LogP contribution in [0.5, 0.6) is 0 Å². The number of benzene rings is 11. The first-order chi connectivity index (χ1) is 37.6. The zero-order valence-corrected chi connectivity index (χ0v) is 40.9. The van der Waals surface area contributed by atoms with Gasteiger partial charge in [-0.3, -0.25) is 0 Å². The molecule has 0 N–H and O–H groups in total. The molecule has 0 atom stereocenters. The Labute approximate surface area is 435 Å². The third-order valence-corrected chi connectivity index (χ3v) is 15.3. The Kier molecular flexibility index (Phi) is 9.23. The average Bonchev–Trinajstić information content (AvgIpc) is 4.27. The first-order valence-corrected chi connectivity index (χ1v) is 25.7. The molecule has 0 bridgehead atoms. The Morgan fingerprint density at radius 3 is 1.07 bits per heavy atom. The second-order valence-corrected chi connectivity index (χ2v) is 19.7. The Balaban J connectivity index is 0.963. The fourth-order valence-corrected chi connectivity index (χ4v) is 11.8. The van der Waals surface area contributed by atoms with Crippen molar-refractivity contribution in [2.24, 2.45) is 0 Å². The van der Waals surface area contributed by atoms with Gasteiger partial charge >= 0.3 is 0 Å². The van der Waals surface area contributed by atoms with Gasteiger partial charge in [-0.15, -0.1) is 0 Å². The summed E-state index contributed by atoms with van der Waals surface area (Å²) in [4.78, 5) is 11.0. The highest BCUT2D eigenvalue weighted by Gasteiger charge is 2.21. The molecule has 16 aromatic rings. The van der Waals surface area contributed by atoms with Crippen molar-refractivity contribution >= 4 is 87.5 Å². The van der Waals surface area contributed by atoms with Crippen molar-refractivity contribution in [3.8, 4) is 67.5 Å². The van der Waals surface area contributed by atoms with Gasteiger partial charge in [0.2, 0.25) is 0 Å². The van der Waals surface area contributed by atoms with Crippen LogP contribution in [0.15, 0.2) is 264 Å². The second kappa shape index (κ2) is 16.6. The lowest BCUT2D eigenvalue weighted by molar-refractivity contribution is 0.668. The minimum absolute atomic E-state index is 0.637. The van der Waals surface area contributed by atoms with E-state index in [9.17, 15) is 0 Å². The standard InChI is InChI=1S/C70H42N4O2/c1-2-16-43(17-3-1)70-71-60(48-35-46(44-30-32-68-58(39-44)56-22-8-14-28-66(56)75-68)34-47(36-48)45-31-33-69-59(40-45)57-23-9-15-29-67(57)76-69)42-61(72-70)49-37-50(73-62-24-10-4-18-52(62)53-19-5-11-25-63(53)73)41-51(38-49)74-64-26-12-6-20-54(64)55-21-7-13-27-65(55)74/h1-42H. The number of hydrogen-bond donors (Lipinski definition) is 0. The smallest absolute Gasteiger partial charge is 0.160 e. The number of rotatable bonds is 7. The van der Waals surface area contributed by atoms with Gasteiger partial charge in [0, 0.05) is 71.2 Å². The molecule has 0 aliphatic carbocycles. The number of hydrogen-bond acceptors (Lipinski definition) is 4. The molecule has 5 aromatic heterocycles. The lowest BCUT2D eigenvalue weighted by Crippen LogP contribution is -2.01. The molecule has 0 unspecified atom stereocenters. The third-order valence-electron chi connectivity index (χ3n) is 15.3. The van der Waals surface area contributed by atoms with Crippen LogP contribution in [-0.2, 0) is 0 Å². The summed E-state index contributed by atoms with van der Waals surface area (Å²) in [5, 5.41) is 9.13. The largest absolute Gasteiger partial charge is 0.456 e. The van der Waals surface area contributed by atoms with Crippen LogP contribution in [0.4, 0.5) is 0 Å². The fourth-order valence-electron chi connectivity index (χ4n) is 11.8. The molecule has 76 heavy (non-hydrogen) atoms. The van der Waals surface area contributed by atoms with Crippen LogP contribution in [0.3, 0.4) is 0 Å². The molecule has 354 valence electrons. The predicted octanol–water partition coefficient (Wildman–Crippen LogP) is 18.8. The van der Waals surface area contributed by atoms with Crippen molar-refractivity contribution in [3.05, 3.63) is 255 Å². The highest BCUT2D eigenvalue weighted by molar-refractivity contribution is 6.12. The van der Waals surface area contributed by atoms with Gasteiger partial charge in [-0.05, 0) is 125 Å². The Morgan fingerprint density at radius 2 is 0.605 bits per heavy atom. The van der Waals surface area contributed by atoms with Crippen LogP contribution in [0, 0.1) is 0 Å². The summed E-state index contributed by atoms with van der Waals surface area (Å²) in [7, 11) is 0. The molecule has 6 nitrogen and oxygen atoms in total. The molecule has 5 heterocycles. The summed E-state index contributed by atoms with van der Waals surface area (Å²) in [5.41, 5.74) is 18.8. The summed E-state index contributed by atoms with van der Waals surface area (Å²) < 4.78 is 17.5. The van der Waals surface area contributed by atoms with Crippen molar-refractivity contribution in [2.45, 2.75) is 0 Å². The van der Waals surface area contributed by atoms with Crippen LogP contribution in [0.1, 0.15) is 0 Å². The number of nitrogens with zero attached hydrogens (tertiary/aromatic N) is 4. The first-order valence-electron chi connectivity index (χ1n) is 25.7. The molecular formula is C70H42N4O2. The molecule has 0 spiro atoms. The molecule has 0 amide bonds. The van der Waals surface area contributed by atoms with Crippen LogP contribution in [0.2, 0.25) is 0 Å². The van der Waals surface area contributed by atoms with Gasteiger partial charge in [-0.1, -0.05) is 152 Å². The Hall–Kier alpha value is -10.3. The molecule has 0 saturated heterocycles. The second-order valence-electron chi connectivity index (χ2n) is 19.7. The highest BCUT2D eigenvalue weighted by Crippen LogP contribution is 2.42. The van der Waals surface area contributed by atoms with Crippen LogP contribution in [-0.4, -0.2) is 19.1 Å². The monoisotopic (exact) mass is 970 g/mol. The molecule has 6 heteroatoms. The maximum Gasteiger partial charge on any atom is 0.160 e. The van der Waals surface area contributed by atoms with E-state index in [1.807, 2.05) is 30.3 Å². The van der Waals surface area contributed by atoms with Crippen molar-refractivity contribution in [2.75, 3.05) is 0 Å². The lowest BCUT2D eigenvalue weighted by Gasteiger charge is -2.17. The van der Waals surface area contributed by atoms with Crippen molar-refractivity contribution in [1.29, 1.82) is 0 Å². The van der Waals surface area contributed by atoms with Gasteiger partial charge in [-0.2, -0.15) is 0 Å².